The van der Waals surface area contributed by atoms with E-state index in [2.05, 4.69) is 116 Å². The Morgan fingerprint density at radius 2 is 1.39 bits per heavy atom. The van der Waals surface area contributed by atoms with Crippen molar-refractivity contribution in [1.29, 1.82) is 0 Å². The number of hydrogen-bond donors (Lipinski definition) is 0. The first-order chi connectivity index (χ1) is 17.6. The molecule has 2 nitrogen and oxygen atoms in total. The number of furan rings is 1. The van der Waals surface area contributed by atoms with Crippen LogP contribution in [0.3, 0.4) is 0 Å². The first kappa shape index (κ1) is 20.0. The fourth-order valence-corrected chi connectivity index (χ4v) is 6.92. The van der Waals surface area contributed by atoms with Crippen LogP contribution in [-0.2, 0) is 0 Å². The minimum absolute atomic E-state index is 0.0796. The predicted molar refractivity (Wildman–Crippen MR) is 153 cm³/mol. The van der Waals surface area contributed by atoms with Crippen LogP contribution in [-0.4, -0.2) is 11.3 Å². The van der Waals surface area contributed by atoms with E-state index in [-0.39, 0.29) is 6.85 Å². The summed E-state index contributed by atoms with van der Waals surface area (Å²) in [5.41, 5.74) is 13.8. The Kier molecular flexibility index (Phi) is 3.85. The number of para-hydroxylation sites is 3. The van der Waals surface area contributed by atoms with Crippen LogP contribution in [0, 0.1) is 20.8 Å². The molecule has 1 aliphatic heterocycles. The molecule has 0 amide bonds. The van der Waals surface area contributed by atoms with Gasteiger partial charge < -0.3 is 8.90 Å². The molecule has 3 heteroatoms. The first-order valence-corrected chi connectivity index (χ1v) is 12.7. The van der Waals surface area contributed by atoms with Gasteiger partial charge in [0.05, 0.1) is 0 Å². The van der Waals surface area contributed by atoms with Gasteiger partial charge in [-0.05, 0) is 55.5 Å². The normalized spacial score (nSPS) is 12.8. The molecule has 0 bridgehead atoms. The predicted octanol–water partition coefficient (Wildman–Crippen LogP) is 7.25. The number of fused-ring (bicyclic) bond motifs is 9. The summed E-state index contributed by atoms with van der Waals surface area (Å²) in [4.78, 5) is 0. The Morgan fingerprint density at radius 1 is 0.667 bits per heavy atom. The maximum atomic E-state index is 6.36. The molecular formula is C33H24BNO. The Hall–Kier alpha value is -4.24. The Morgan fingerprint density at radius 3 is 2.22 bits per heavy atom. The molecule has 0 saturated heterocycles. The van der Waals surface area contributed by atoms with Crippen LogP contribution < -0.4 is 10.9 Å². The zero-order chi connectivity index (χ0) is 24.1. The van der Waals surface area contributed by atoms with E-state index in [1.54, 1.807) is 0 Å². The highest BCUT2D eigenvalue weighted by Gasteiger charge is 2.37. The van der Waals surface area contributed by atoms with Crippen LogP contribution in [0.5, 0.6) is 0 Å². The first-order valence-electron chi connectivity index (χ1n) is 12.7. The van der Waals surface area contributed by atoms with Gasteiger partial charge in [0.15, 0.2) is 0 Å². The third kappa shape index (κ3) is 2.43. The molecule has 0 N–H and O–H groups in total. The van der Waals surface area contributed by atoms with Crippen LogP contribution in [0.1, 0.15) is 16.7 Å². The van der Waals surface area contributed by atoms with Gasteiger partial charge in [0, 0.05) is 38.1 Å². The van der Waals surface area contributed by atoms with E-state index in [4.69, 9.17) is 4.42 Å². The zero-order valence-corrected chi connectivity index (χ0v) is 20.6. The summed E-state index contributed by atoms with van der Waals surface area (Å²) in [6.45, 7) is 6.81. The average molecular weight is 461 g/mol. The summed E-state index contributed by atoms with van der Waals surface area (Å²) in [6, 6.07) is 33.2. The molecule has 170 valence electrons. The number of aryl methyl sites for hydroxylation is 3. The molecule has 0 radical (unpaired) electrons. The van der Waals surface area contributed by atoms with Crippen molar-refractivity contribution < 1.29 is 4.42 Å². The van der Waals surface area contributed by atoms with E-state index in [9.17, 15) is 0 Å². The van der Waals surface area contributed by atoms with Crippen molar-refractivity contribution in [2.45, 2.75) is 20.8 Å². The van der Waals surface area contributed by atoms with Crippen LogP contribution in [0.2, 0.25) is 0 Å². The van der Waals surface area contributed by atoms with Crippen molar-refractivity contribution in [2.75, 3.05) is 0 Å². The van der Waals surface area contributed by atoms with Gasteiger partial charge in [-0.25, -0.2) is 0 Å². The van der Waals surface area contributed by atoms with Crippen molar-refractivity contribution in [3.63, 3.8) is 0 Å². The Bertz CT molecular complexity index is 2020. The van der Waals surface area contributed by atoms with Crippen molar-refractivity contribution >= 4 is 61.5 Å². The van der Waals surface area contributed by atoms with Crippen molar-refractivity contribution in [3.05, 3.63) is 108 Å². The third-order valence-electron chi connectivity index (χ3n) is 8.14. The van der Waals surface area contributed by atoms with E-state index in [1.807, 2.05) is 0 Å². The number of nitrogens with zero attached hydrogens (tertiary/aromatic N) is 1. The summed E-state index contributed by atoms with van der Waals surface area (Å²) in [5.74, 6) is 0. The van der Waals surface area contributed by atoms with Crippen LogP contribution in [0.4, 0.5) is 0 Å². The Labute approximate surface area is 209 Å². The standard InChI is InChI=1S/C33H24BNO/c1-19-17-20(2)32(21(3)18-19)34-26-15-16-29-31(24-10-5-7-14-28(24)36-29)30(26)25-12-8-11-23-22-9-4-6-13-27(22)35(34)33(23)25/h4-18H,1-3H3. The molecule has 36 heavy (non-hydrogen) atoms. The fourth-order valence-electron chi connectivity index (χ4n) is 6.92. The third-order valence-corrected chi connectivity index (χ3v) is 8.14. The van der Waals surface area contributed by atoms with E-state index in [1.165, 1.54) is 71.3 Å². The lowest BCUT2D eigenvalue weighted by molar-refractivity contribution is 0.669. The summed E-state index contributed by atoms with van der Waals surface area (Å²) < 4.78 is 8.96. The van der Waals surface area contributed by atoms with Gasteiger partial charge in [0.2, 0.25) is 0 Å². The van der Waals surface area contributed by atoms with Gasteiger partial charge in [-0.15, -0.1) is 0 Å². The van der Waals surface area contributed by atoms with Gasteiger partial charge in [0.25, 0.3) is 0 Å². The number of rotatable bonds is 1. The SMILES string of the molecule is Cc1cc(C)c(B2c3ccc4oc5ccccc5c4c3-c3cccc4c5ccccc5n2c34)c(C)c1. The highest BCUT2D eigenvalue weighted by molar-refractivity contribution is 6.88. The van der Waals surface area contributed by atoms with E-state index in [0.717, 1.165) is 11.2 Å². The molecule has 5 aromatic carbocycles. The van der Waals surface area contributed by atoms with E-state index >= 15 is 0 Å². The summed E-state index contributed by atoms with van der Waals surface area (Å²) in [5, 5.41) is 5.02. The van der Waals surface area contributed by atoms with E-state index in [0.29, 0.717) is 0 Å². The molecule has 0 saturated carbocycles. The van der Waals surface area contributed by atoms with Crippen LogP contribution in [0.25, 0.3) is 54.9 Å². The molecule has 0 unspecified atom stereocenters. The second kappa shape index (κ2) is 6.92. The maximum Gasteiger partial charge on any atom is 0.329 e. The quantitative estimate of drug-likeness (QED) is 0.236. The van der Waals surface area contributed by atoms with Crippen LogP contribution >= 0.6 is 0 Å². The number of aromatic nitrogens is 1. The topological polar surface area (TPSA) is 18.1 Å². The average Bonchev–Trinajstić information content (AvgIpc) is 3.42. The van der Waals surface area contributed by atoms with Gasteiger partial charge in [-0.3, -0.25) is 0 Å². The Balaban J connectivity index is 1.65. The molecular weight excluding hydrogens is 437 g/mol. The van der Waals surface area contributed by atoms with Gasteiger partial charge >= 0.3 is 6.85 Å². The molecule has 7 aromatic rings. The maximum absolute atomic E-state index is 6.36. The lowest BCUT2D eigenvalue weighted by atomic mass is 9.45. The molecule has 0 spiro atoms. The van der Waals surface area contributed by atoms with Crippen LogP contribution in [0.15, 0.2) is 95.4 Å². The van der Waals surface area contributed by atoms with Crippen molar-refractivity contribution in [2.24, 2.45) is 0 Å². The fraction of sp³-hybridized carbons (Fsp3) is 0.0909. The lowest BCUT2D eigenvalue weighted by Crippen LogP contribution is -2.53. The number of benzene rings is 5. The molecule has 0 atom stereocenters. The zero-order valence-electron chi connectivity index (χ0n) is 20.6. The number of hydrogen-bond acceptors (Lipinski definition) is 1. The molecule has 1 aliphatic rings. The molecule has 3 heterocycles. The van der Waals surface area contributed by atoms with Gasteiger partial charge in [0.1, 0.15) is 11.2 Å². The molecule has 2 aromatic heterocycles. The molecule has 0 aliphatic carbocycles. The second-order valence-electron chi connectivity index (χ2n) is 10.3. The van der Waals surface area contributed by atoms with Crippen molar-refractivity contribution in [3.8, 4) is 11.1 Å². The van der Waals surface area contributed by atoms with Gasteiger partial charge in [-0.2, -0.15) is 0 Å². The highest BCUT2D eigenvalue weighted by atomic mass is 16.3. The summed E-state index contributed by atoms with van der Waals surface area (Å²) >= 11 is 0. The van der Waals surface area contributed by atoms with Crippen molar-refractivity contribution in [1.82, 2.24) is 4.48 Å². The minimum atomic E-state index is 0.0796. The van der Waals surface area contributed by atoms with E-state index < -0.39 is 0 Å². The molecule has 8 rings (SSSR count). The summed E-state index contributed by atoms with van der Waals surface area (Å²) in [6.07, 6.45) is 0. The van der Waals surface area contributed by atoms with Gasteiger partial charge in [-0.1, -0.05) is 89.5 Å². The monoisotopic (exact) mass is 461 g/mol. The largest absolute Gasteiger partial charge is 0.456 e. The second-order valence-corrected chi connectivity index (χ2v) is 10.3. The molecule has 0 fully saturated rings. The highest BCUT2D eigenvalue weighted by Crippen LogP contribution is 2.43. The smallest absolute Gasteiger partial charge is 0.329 e. The minimum Gasteiger partial charge on any atom is -0.456 e. The lowest BCUT2D eigenvalue weighted by Gasteiger charge is -2.30. The summed E-state index contributed by atoms with van der Waals surface area (Å²) in [7, 11) is 0.